The van der Waals surface area contributed by atoms with Crippen molar-refractivity contribution in [2.75, 3.05) is 12.4 Å². The highest BCUT2D eigenvalue weighted by Crippen LogP contribution is 2.29. The van der Waals surface area contributed by atoms with Crippen LogP contribution in [0.15, 0.2) is 41.5 Å². The Balaban J connectivity index is 2.00. The Morgan fingerprint density at radius 2 is 1.85 bits per heavy atom. The van der Waals surface area contributed by atoms with Crippen molar-refractivity contribution < 1.29 is 18.0 Å². The van der Waals surface area contributed by atoms with Gasteiger partial charge in [0, 0.05) is 14.2 Å². The Morgan fingerprint density at radius 1 is 1.19 bits per heavy atom. The van der Waals surface area contributed by atoms with Crippen LogP contribution in [0.2, 0.25) is 0 Å². The quantitative estimate of drug-likeness (QED) is 0.305. The molecule has 26 heavy (non-hydrogen) atoms. The molecular formula is C17H14F3I2N3O. The van der Waals surface area contributed by atoms with Crippen molar-refractivity contribution in [3.63, 3.8) is 0 Å². The van der Waals surface area contributed by atoms with Gasteiger partial charge in [0.1, 0.15) is 0 Å². The maximum atomic E-state index is 12.7. The molecule has 4 nitrogen and oxygen atoms in total. The van der Waals surface area contributed by atoms with Gasteiger partial charge in [-0.3, -0.25) is 4.79 Å². The second-order valence-corrected chi connectivity index (χ2v) is 7.60. The molecule has 0 bridgehead atoms. The van der Waals surface area contributed by atoms with Crippen LogP contribution in [0.5, 0.6) is 0 Å². The van der Waals surface area contributed by atoms with Gasteiger partial charge in [0.2, 0.25) is 5.91 Å². The minimum Gasteiger partial charge on any atom is -0.386 e. The maximum Gasteiger partial charge on any atom is 0.416 e. The van der Waals surface area contributed by atoms with Gasteiger partial charge in [-0.1, -0.05) is 18.2 Å². The van der Waals surface area contributed by atoms with E-state index >= 15 is 0 Å². The van der Waals surface area contributed by atoms with Crippen molar-refractivity contribution >= 4 is 63.0 Å². The molecule has 0 aliphatic carbocycles. The molecule has 138 valence electrons. The standard InChI is InChI=1S/C17H14F3I2N3O/c1-23-16-13(21)6-11(7-14(16)22)9-24-25-15(26)8-10-3-2-4-12(5-10)17(18,19)20/h2-7,9,23H,8H2,1H3,(H,25,26). The first-order valence-electron chi connectivity index (χ1n) is 7.35. The molecule has 0 unspecified atom stereocenters. The first kappa shape index (κ1) is 20.9. The highest BCUT2D eigenvalue weighted by Gasteiger charge is 2.30. The minimum absolute atomic E-state index is 0.185. The molecule has 0 atom stereocenters. The summed E-state index contributed by atoms with van der Waals surface area (Å²) in [6.07, 6.45) is -3.12. The Hall–Kier alpha value is -1.37. The molecule has 2 aromatic carbocycles. The zero-order chi connectivity index (χ0) is 19.3. The highest BCUT2D eigenvalue weighted by atomic mass is 127. The van der Waals surface area contributed by atoms with E-state index in [0.717, 1.165) is 30.5 Å². The van der Waals surface area contributed by atoms with Gasteiger partial charge in [0.15, 0.2) is 0 Å². The molecule has 2 aromatic rings. The van der Waals surface area contributed by atoms with Gasteiger partial charge in [-0.2, -0.15) is 18.3 Å². The number of alkyl halides is 3. The monoisotopic (exact) mass is 587 g/mol. The number of nitrogens with zero attached hydrogens (tertiary/aromatic N) is 1. The zero-order valence-corrected chi connectivity index (χ0v) is 17.8. The second-order valence-electron chi connectivity index (χ2n) is 5.28. The van der Waals surface area contributed by atoms with Gasteiger partial charge in [-0.15, -0.1) is 0 Å². The van der Waals surface area contributed by atoms with Crippen LogP contribution in [0.25, 0.3) is 0 Å². The van der Waals surface area contributed by atoms with Gasteiger partial charge < -0.3 is 5.32 Å². The fraction of sp³-hybridized carbons (Fsp3) is 0.176. The van der Waals surface area contributed by atoms with Crippen molar-refractivity contribution in [1.29, 1.82) is 0 Å². The lowest BCUT2D eigenvalue weighted by atomic mass is 10.1. The van der Waals surface area contributed by atoms with E-state index in [-0.39, 0.29) is 12.0 Å². The number of benzene rings is 2. The third-order valence-electron chi connectivity index (χ3n) is 3.34. The predicted molar refractivity (Wildman–Crippen MR) is 112 cm³/mol. The highest BCUT2D eigenvalue weighted by molar-refractivity contribution is 14.1. The predicted octanol–water partition coefficient (Wildman–Crippen LogP) is 4.65. The van der Waals surface area contributed by atoms with E-state index in [1.807, 2.05) is 19.2 Å². The summed E-state index contributed by atoms with van der Waals surface area (Å²) in [6.45, 7) is 0. The average Bonchev–Trinajstić information content (AvgIpc) is 2.54. The van der Waals surface area contributed by atoms with Crippen LogP contribution in [-0.2, 0) is 17.4 Å². The van der Waals surface area contributed by atoms with Crippen molar-refractivity contribution in [3.05, 3.63) is 60.2 Å². The van der Waals surface area contributed by atoms with Gasteiger partial charge in [-0.05, 0) is 74.5 Å². The summed E-state index contributed by atoms with van der Waals surface area (Å²) in [7, 11) is 1.83. The molecule has 0 spiro atoms. The van der Waals surface area contributed by atoms with E-state index in [9.17, 15) is 18.0 Å². The molecule has 0 aromatic heterocycles. The zero-order valence-electron chi connectivity index (χ0n) is 13.5. The van der Waals surface area contributed by atoms with Crippen LogP contribution in [-0.4, -0.2) is 19.2 Å². The fourth-order valence-corrected chi connectivity index (χ4v) is 4.52. The van der Waals surface area contributed by atoms with Crippen LogP contribution in [0.3, 0.4) is 0 Å². The number of hydrogen-bond acceptors (Lipinski definition) is 3. The summed E-state index contributed by atoms with van der Waals surface area (Å²) in [4.78, 5) is 11.9. The summed E-state index contributed by atoms with van der Waals surface area (Å²) < 4.78 is 40.1. The molecule has 0 fully saturated rings. The number of carbonyl (C=O) groups excluding carboxylic acids is 1. The van der Waals surface area contributed by atoms with Crippen LogP contribution < -0.4 is 10.7 Å². The topological polar surface area (TPSA) is 53.5 Å². The van der Waals surface area contributed by atoms with E-state index < -0.39 is 17.6 Å². The van der Waals surface area contributed by atoms with Crippen LogP contribution in [0, 0.1) is 7.14 Å². The number of anilines is 1. The van der Waals surface area contributed by atoms with E-state index in [0.29, 0.717) is 0 Å². The molecule has 0 aliphatic rings. The average molecular weight is 587 g/mol. The van der Waals surface area contributed by atoms with E-state index in [1.165, 1.54) is 18.3 Å². The number of carbonyl (C=O) groups is 1. The number of amides is 1. The van der Waals surface area contributed by atoms with Gasteiger partial charge >= 0.3 is 6.18 Å². The summed E-state index contributed by atoms with van der Waals surface area (Å²) in [6, 6.07) is 8.48. The minimum atomic E-state index is -4.43. The van der Waals surface area contributed by atoms with Crippen molar-refractivity contribution in [2.45, 2.75) is 12.6 Å². The number of rotatable bonds is 5. The lowest BCUT2D eigenvalue weighted by Crippen LogP contribution is -2.20. The molecule has 1 amide bonds. The lowest BCUT2D eigenvalue weighted by Gasteiger charge is -2.08. The Bertz CT molecular complexity index is 815. The largest absolute Gasteiger partial charge is 0.416 e. The smallest absolute Gasteiger partial charge is 0.386 e. The Labute approximate surface area is 175 Å². The SMILES string of the molecule is CNc1c(I)cc(C=NNC(=O)Cc2cccc(C(F)(F)F)c2)cc1I. The number of hydrazone groups is 1. The van der Waals surface area contributed by atoms with Crippen LogP contribution in [0.4, 0.5) is 18.9 Å². The summed E-state index contributed by atoms with van der Waals surface area (Å²) in [5.74, 6) is -0.489. The summed E-state index contributed by atoms with van der Waals surface area (Å²) >= 11 is 4.39. The van der Waals surface area contributed by atoms with Crippen molar-refractivity contribution in [2.24, 2.45) is 5.10 Å². The van der Waals surface area contributed by atoms with Gasteiger partial charge in [0.05, 0.1) is 23.9 Å². The first-order valence-corrected chi connectivity index (χ1v) is 9.51. The molecule has 9 heteroatoms. The maximum absolute atomic E-state index is 12.7. The lowest BCUT2D eigenvalue weighted by molar-refractivity contribution is -0.137. The second kappa shape index (κ2) is 9.02. The molecule has 0 heterocycles. The first-order chi connectivity index (χ1) is 12.2. The number of halogens is 5. The Morgan fingerprint density at radius 3 is 2.42 bits per heavy atom. The Kier molecular flexibility index (Phi) is 7.26. The molecule has 2 N–H and O–H groups in total. The van der Waals surface area contributed by atoms with Gasteiger partial charge in [-0.25, -0.2) is 5.43 Å². The number of nitrogens with one attached hydrogen (secondary N) is 2. The third-order valence-corrected chi connectivity index (χ3v) is 5.04. The molecule has 0 radical (unpaired) electrons. The molecule has 0 saturated carbocycles. The van der Waals surface area contributed by atoms with Crippen molar-refractivity contribution in [1.82, 2.24) is 5.43 Å². The molecule has 0 aliphatic heterocycles. The molecule has 0 saturated heterocycles. The third kappa shape index (κ3) is 5.83. The van der Waals surface area contributed by atoms with Crippen LogP contribution >= 0.6 is 45.2 Å². The normalized spacial score (nSPS) is 11.6. The summed E-state index contributed by atoms with van der Waals surface area (Å²) in [5, 5.41) is 6.97. The number of hydrogen-bond donors (Lipinski definition) is 2. The van der Waals surface area contributed by atoms with E-state index in [4.69, 9.17) is 0 Å². The molecular weight excluding hydrogens is 573 g/mol. The van der Waals surface area contributed by atoms with Crippen LogP contribution in [0.1, 0.15) is 16.7 Å². The van der Waals surface area contributed by atoms with E-state index in [2.05, 4.69) is 61.0 Å². The van der Waals surface area contributed by atoms with Crippen molar-refractivity contribution in [3.8, 4) is 0 Å². The summed E-state index contributed by atoms with van der Waals surface area (Å²) in [5.41, 5.74) is 3.64. The fourth-order valence-electron chi connectivity index (χ4n) is 2.17. The van der Waals surface area contributed by atoms with E-state index in [1.54, 1.807) is 0 Å². The van der Waals surface area contributed by atoms with Gasteiger partial charge in [0.25, 0.3) is 0 Å². The molecule has 2 rings (SSSR count).